The van der Waals surface area contributed by atoms with Crippen molar-refractivity contribution >= 4 is 32.6 Å². The van der Waals surface area contributed by atoms with Gasteiger partial charge in [0.15, 0.2) is 0 Å². The number of ether oxygens (including phenoxy) is 1. The molecule has 1 fully saturated rings. The van der Waals surface area contributed by atoms with Gasteiger partial charge in [-0.3, -0.25) is 4.79 Å². The normalized spacial score (nSPS) is 18.9. The molecule has 166 valence electrons. The topological polar surface area (TPSA) is 83.7 Å². The van der Waals surface area contributed by atoms with Gasteiger partial charge in [0, 0.05) is 22.1 Å². The minimum Gasteiger partial charge on any atom is -0.374 e. The van der Waals surface area contributed by atoms with Crippen molar-refractivity contribution in [2.75, 3.05) is 0 Å². The lowest BCUT2D eigenvalue weighted by Gasteiger charge is -2.27. The van der Waals surface area contributed by atoms with Crippen LogP contribution < -0.4 is 5.56 Å². The van der Waals surface area contributed by atoms with E-state index in [0.717, 1.165) is 47.9 Å². The van der Waals surface area contributed by atoms with Crippen LogP contribution in [-0.2, 0) is 11.3 Å². The summed E-state index contributed by atoms with van der Waals surface area (Å²) < 4.78 is 20.2. The Morgan fingerprint density at radius 2 is 1.82 bits per heavy atom. The maximum atomic E-state index is 14.0. The number of benzene rings is 3. The first-order valence-corrected chi connectivity index (χ1v) is 11.3. The van der Waals surface area contributed by atoms with Crippen molar-refractivity contribution in [2.24, 2.45) is 0 Å². The van der Waals surface area contributed by atoms with Gasteiger partial charge in [0.1, 0.15) is 11.6 Å². The molecule has 0 radical (unpaired) electrons. The fourth-order valence-corrected chi connectivity index (χ4v) is 5.05. The van der Waals surface area contributed by atoms with E-state index < -0.39 is 0 Å². The molecule has 2 N–H and O–H groups in total. The number of halogens is 1. The summed E-state index contributed by atoms with van der Waals surface area (Å²) in [5, 5.41) is 8.85. The van der Waals surface area contributed by atoms with Gasteiger partial charge in [-0.2, -0.15) is 5.10 Å². The molecule has 1 saturated carbocycles. The summed E-state index contributed by atoms with van der Waals surface area (Å²) in [4.78, 5) is 21.0. The number of aromatic amines is 2. The van der Waals surface area contributed by atoms with Crippen LogP contribution in [0.3, 0.4) is 0 Å². The van der Waals surface area contributed by atoms with Gasteiger partial charge in [0.25, 0.3) is 5.56 Å². The number of H-pyrrole nitrogens is 2. The summed E-state index contributed by atoms with van der Waals surface area (Å²) in [5.41, 5.74) is 2.38. The lowest BCUT2D eigenvalue weighted by atomic mass is 9.87. The second kappa shape index (κ2) is 8.08. The monoisotopic (exact) mass is 442 g/mol. The van der Waals surface area contributed by atoms with E-state index in [1.807, 2.05) is 18.2 Å². The standard InChI is InChI=1S/C26H23FN4O2/c27-17-8-11-19-20(12-17)22-21(13-28-31-26(22)32)24-23(19)29-25(30-24)16-6-9-18(10-7-16)33-14-15-4-2-1-3-5-15/h1-5,8,11-13,16,18H,6-7,9-10,14H2,(H,29,30)(H,31,32). The van der Waals surface area contributed by atoms with Crippen molar-refractivity contribution in [3.63, 3.8) is 0 Å². The van der Waals surface area contributed by atoms with Crippen LogP contribution in [-0.4, -0.2) is 26.3 Å². The van der Waals surface area contributed by atoms with E-state index in [0.29, 0.717) is 22.8 Å². The van der Waals surface area contributed by atoms with Gasteiger partial charge < -0.3 is 9.72 Å². The van der Waals surface area contributed by atoms with Crippen molar-refractivity contribution in [3.8, 4) is 0 Å². The highest BCUT2D eigenvalue weighted by Crippen LogP contribution is 2.37. The number of rotatable bonds is 4. The molecule has 1 aliphatic rings. The summed E-state index contributed by atoms with van der Waals surface area (Å²) in [6.45, 7) is 0.636. The van der Waals surface area contributed by atoms with E-state index in [1.54, 1.807) is 12.3 Å². The summed E-state index contributed by atoms with van der Waals surface area (Å²) in [7, 11) is 0. The lowest BCUT2D eigenvalue weighted by Crippen LogP contribution is -2.21. The predicted molar refractivity (Wildman–Crippen MR) is 126 cm³/mol. The number of nitrogens with one attached hydrogen (secondary N) is 2. The van der Waals surface area contributed by atoms with Gasteiger partial charge in [0.05, 0.1) is 35.3 Å². The van der Waals surface area contributed by atoms with E-state index in [1.165, 1.54) is 17.7 Å². The maximum absolute atomic E-state index is 14.0. The van der Waals surface area contributed by atoms with Crippen molar-refractivity contribution in [2.45, 2.75) is 44.3 Å². The van der Waals surface area contributed by atoms with E-state index >= 15 is 0 Å². The molecule has 7 heteroatoms. The average Bonchev–Trinajstić information content (AvgIpc) is 3.29. The van der Waals surface area contributed by atoms with Gasteiger partial charge in [-0.1, -0.05) is 30.3 Å². The van der Waals surface area contributed by atoms with Gasteiger partial charge in [0.2, 0.25) is 0 Å². The number of aromatic nitrogens is 4. The SMILES string of the molecule is O=c1[nH]ncc2c3[nH]c(C4CCC(OCc5ccccc5)CC4)nc3c3ccc(F)cc3c12. The van der Waals surface area contributed by atoms with Crippen molar-refractivity contribution in [3.05, 3.63) is 82.3 Å². The van der Waals surface area contributed by atoms with Gasteiger partial charge in [-0.15, -0.1) is 0 Å². The molecule has 0 amide bonds. The smallest absolute Gasteiger partial charge is 0.272 e. The Morgan fingerprint density at radius 1 is 1.00 bits per heavy atom. The predicted octanol–water partition coefficient (Wildman–Crippen LogP) is 5.33. The fraction of sp³-hybridized carbons (Fsp3) is 0.269. The van der Waals surface area contributed by atoms with Gasteiger partial charge >= 0.3 is 0 Å². The second-order valence-corrected chi connectivity index (χ2v) is 8.79. The van der Waals surface area contributed by atoms with E-state index in [2.05, 4.69) is 27.3 Å². The number of nitrogens with zero attached hydrogens (tertiary/aromatic N) is 2. The summed E-state index contributed by atoms with van der Waals surface area (Å²) in [5.74, 6) is 0.809. The Bertz CT molecular complexity index is 1520. The lowest BCUT2D eigenvalue weighted by molar-refractivity contribution is 0.0129. The Balaban J connectivity index is 1.31. The third-order valence-electron chi connectivity index (χ3n) is 6.74. The Hall–Kier alpha value is -3.58. The number of fused-ring (bicyclic) bond motifs is 6. The zero-order valence-corrected chi connectivity index (χ0v) is 18.0. The fourth-order valence-electron chi connectivity index (χ4n) is 5.05. The molecule has 33 heavy (non-hydrogen) atoms. The summed E-state index contributed by atoms with van der Waals surface area (Å²) in [6.07, 6.45) is 5.76. The first kappa shape index (κ1) is 20.1. The Kier molecular flexibility index (Phi) is 4.91. The minimum atomic E-state index is -0.385. The molecule has 1 aliphatic carbocycles. The highest BCUT2D eigenvalue weighted by atomic mass is 19.1. The number of hydrogen-bond donors (Lipinski definition) is 2. The van der Waals surface area contributed by atoms with E-state index in [-0.39, 0.29) is 23.4 Å². The zero-order valence-electron chi connectivity index (χ0n) is 18.0. The second-order valence-electron chi connectivity index (χ2n) is 8.79. The maximum Gasteiger partial charge on any atom is 0.272 e. The highest BCUT2D eigenvalue weighted by Gasteiger charge is 2.26. The van der Waals surface area contributed by atoms with Crippen LogP contribution >= 0.6 is 0 Å². The van der Waals surface area contributed by atoms with Crippen molar-refractivity contribution in [1.82, 2.24) is 20.2 Å². The van der Waals surface area contributed by atoms with Gasteiger partial charge in [-0.25, -0.2) is 14.5 Å². The minimum absolute atomic E-state index is 0.248. The van der Waals surface area contributed by atoms with Gasteiger partial charge in [-0.05, 0) is 49.4 Å². The first-order valence-electron chi connectivity index (χ1n) is 11.3. The zero-order chi connectivity index (χ0) is 22.4. The van der Waals surface area contributed by atoms with Crippen molar-refractivity contribution in [1.29, 1.82) is 0 Å². The molecule has 5 aromatic rings. The molecule has 0 bridgehead atoms. The third-order valence-corrected chi connectivity index (χ3v) is 6.74. The highest BCUT2D eigenvalue weighted by molar-refractivity contribution is 6.22. The quantitative estimate of drug-likeness (QED) is 0.368. The molecule has 0 spiro atoms. The van der Waals surface area contributed by atoms with Crippen LogP contribution in [0.2, 0.25) is 0 Å². The molecule has 2 heterocycles. The number of imidazole rings is 1. The summed E-state index contributed by atoms with van der Waals surface area (Å²) in [6, 6.07) is 14.7. The molecular weight excluding hydrogens is 419 g/mol. The molecule has 6 nitrogen and oxygen atoms in total. The molecule has 0 saturated heterocycles. The van der Waals surface area contributed by atoms with Crippen LogP contribution in [0.5, 0.6) is 0 Å². The van der Waals surface area contributed by atoms with Crippen molar-refractivity contribution < 1.29 is 9.13 Å². The van der Waals surface area contributed by atoms with E-state index in [4.69, 9.17) is 9.72 Å². The van der Waals surface area contributed by atoms with Crippen LogP contribution in [0.15, 0.2) is 59.5 Å². The molecule has 3 aromatic carbocycles. The molecule has 2 aromatic heterocycles. The molecule has 0 unspecified atom stereocenters. The van der Waals surface area contributed by atoms with Crippen LogP contribution in [0, 0.1) is 5.82 Å². The van der Waals surface area contributed by atoms with E-state index in [9.17, 15) is 9.18 Å². The molecule has 0 atom stereocenters. The van der Waals surface area contributed by atoms with Crippen LogP contribution in [0.25, 0.3) is 32.6 Å². The third kappa shape index (κ3) is 3.58. The molecule has 0 aliphatic heterocycles. The Morgan fingerprint density at radius 3 is 2.64 bits per heavy atom. The number of hydrogen-bond acceptors (Lipinski definition) is 4. The molecular formula is C26H23FN4O2. The average molecular weight is 442 g/mol. The largest absolute Gasteiger partial charge is 0.374 e. The Labute approximate surface area is 188 Å². The van der Waals surface area contributed by atoms with Crippen LogP contribution in [0.4, 0.5) is 4.39 Å². The molecule has 6 rings (SSSR count). The van der Waals surface area contributed by atoms with Crippen LogP contribution in [0.1, 0.15) is 43.0 Å². The summed E-state index contributed by atoms with van der Waals surface area (Å²) >= 11 is 0. The first-order chi connectivity index (χ1) is 16.2.